The third kappa shape index (κ3) is 10.1. The van der Waals surface area contributed by atoms with Crippen LogP contribution in [-0.4, -0.2) is 17.3 Å². The molecule has 16 heavy (non-hydrogen) atoms. The van der Waals surface area contributed by atoms with E-state index in [1.54, 1.807) is 0 Å². The molecular weight excluding hydrogens is 272 g/mol. The summed E-state index contributed by atoms with van der Waals surface area (Å²) in [5, 5.41) is 0.956. The van der Waals surface area contributed by atoms with Crippen molar-refractivity contribution in [3.05, 3.63) is 0 Å². The normalized spacial score (nSPS) is 10.1. The van der Waals surface area contributed by atoms with Gasteiger partial charge in [-0.3, -0.25) is 9.59 Å². The Bertz CT molecular complexity index is 204. The van der Waals surface area contributed by atoms with Gasteiger partial charge in [0.05, 0.1) is 0 Å². The average molecular weight is 293 g/mol. The van der Waals surface area contributed by atoms with Crippen molar-refractivity contribution >= 4 is 27.9 Å². The van der Waals surface area contributed by atoms with E-state index in [1.165, 1.54) is 0 Å². The van der Waals surface area contributed by atoms with Gasteiger partial charge in [-0.25, -0.2) is 0 Å². The molecule has 3 nitrogen and oxygen atoms in total. The summed E-state index contributed by atoms with van der Waals surface area (Å²) in [4.78, 5) is 22.4. The number of esters is 2. The van der Waals surface area contributed by atoms with E-state index in [0.29, 0.717) is 12.8 Å². The molecule has 0 radical (unpaired) electrons. The standard InChI is InChI=1S/C12H21BrO3/c1-2-3-5-8-11(14)16-12(15)9-6-4-7-10-13/h2-10H2,1H3. The number of carbonyl (C=O) groups is 2. The maximum absolute atomic E-state index is 11.2. The minimum absolute atomic E-state index is 0.354. The molecule has 0 aromatic rings. The van der Waals surface area contributed by atoms with Gasteiger partial charge in [0.1, 0.15) is 0 Å². The van der Waals surface area contributed by atoms with E-state index in [2.05, 4.69) is 27.6 Å². The highest BCUT2D eigenvalue weighted by molar-refractivity contribution is 9.09. The number of carbonyl (C=O) groups excluding carboxylic acids is 2. The van der Waals surface area contributed by atoms with Crippen LogP contribution >= 0.6 is 15.9 Å². The van der Waals surface area contributed by atoms with Crippen LogP contribution in [0.4, 0.5) is 0 Å². The second kappa shape index (κ2) is 11.1. The Morgan fingerprint density at radius 2 is 1.50 bits per heavy atom. The van der Waals surface area contributed by atoms with Crippen molar-refractivity contribution in [3.8, 4) is 0 Å². The fourth-order valence-electron chi connectivity index (χ4n) is 1.29. The van der Waals surface area contributed by atoms with E-state index in [1.807, 2.05) is 0 Å². The van der Waals surface area contributed by atoms with Crippen LogP contribution in [0.25, 0.3) is 0 Å². The van der Waals surface area contributed by atoms with Gasteiger partial charge >= 0.3 is 11.9 Å². The highest BCUT2D eigenvalue weighted by Crippen LogP contribution is 2.05. The highest BCUT2D eigenvalue weighted by atomic mass is 79.9. The molecule has 0 N–H and O–H groups in total. The quantitative estimate of drug-likeness (QED) is 0.282. The summed E-state index contributed by atoms with van der Waals surface area (Å²) in [5.41, 5.74) is 0. The van der Waals surface area contributed by atoms with Gasteiger partial charge in [-0.15, -0.1) is 0 Å². The molecule has 0 aliphatic heterocycles. The fraction of sp³-hybridized carbons (Fsp3) is 0.833. The van der Waals surface area contributed by atoms with E-state index in [9.17, 15) is 9.59 Å². The molecule has 0 amide bonds. The van der Waals surface area contributed by atoms with Crippen molar-refractivity contribution in [3.63, 3.8) is 0 Å². The van der Waals surface area contributed by atoms with Gasteiger partial charge in [-0.05, 0) is 19.3 Å². The van der Waals surface area contributed by atoms with Gasteiger partial charge in [0.15, 0.2) is 0 Å². The molecule has 4 heteroatoms. The Morgan fingerprint density at radius 1 is 0.938 bits per heavy atom. The zero-order chi connectivity index (χ0) is 12.2. The zero-order valence-corrected chi connectivity index (χ0v) is 11.6. The molecular formula is C12H21BrO3. The summed E-state index contributed by atoms with van der Waals surface area (Å²) < 4.78 is 4.69. The second-order valence-corrected chi connectivity index (χ2v) is 4.60. The first-order chi connectivity index (χ1) is 7.70. The summed E-state index contributed by atoms with van der Waals surface area (Å²) in [7, 11) is 0. The van der Waals surface area contributed by atoms with Crippen molar-refractivity contribution < 1.29 is 14.3 Å². The molecule has 0 bridgehead atoms. The van der Waals surface area contributed by atoms with E-state index in [-0.39, 0.29) is 11.9 Å². The lowest BCUT2D eigenvalue weighted by atomic mass is 10.2. The van der Waals surface area contributed by atoms with Crippen LogP contribution in [0.1, 0.15) is 58.3 Å². The van der Waals surface area contributed by atoms with Crippen molar-refractivity contribution in [1.82, 2.24) is 0 Å². The zero-order valence-electron chi connectivity index (χ0n) is 9.97. The lowest BCUT2D eigenvalue weighted by Gasteiger charge is -2.02. The van der Waals surface area contributed by atoms with Crippen molar-refractivity contribution in [2.75, 3.05) is 5.33 Å². The molecule has 0 aliphatic carbocycles. The summed E-state index contributed by atoms with van der Waals surface area (Å²) in [6.07, 6.45) is 6.44. The summed E-state index contributed by atoms with van der Waals surface area (Å²) in [6.45, 7) is 2.07. The van der Waals surface area contributed by atoms with Gasteiger partial charge in [0, 0.05) is 18.2 Å². The predicted octanol–water partition coefficient (Wildman–Crippen LogP) is 3.59. The van der Waals surface area contributed by atoms with Gasteiger partial charge in [0.2, 0.25) is 0 Å². The summed E-state index contributed by atoms with van der Waals surface area (Å²) in [6, 6.07) is 0. The average Bonchev–Trinajstić information content (AvgIpc) is 2.25. The number of hydrogen-bond acceptors (Lipinski definition) is 3. The maximum Gasteiger partial charge on any atom is 0.313 e. The number of halogens is 1. The number of unbranched alkanes of at least 4 members (excludes halogenated alkanes) is 4. The lowest BCUT2D eigenvalue weighted by Crippen LogP contribution is -2.11. The topological polar surface area (TPSA) is 43.4 Å². The molecule has 0 aromatic heterocycles. The SMILES string of the molecule is CCCCCC(=O)OC(=O)CCCCCBr. The number of alkyl halides is 1. The van der Waals surface area contributed by atoms with Gasteiger partial charge < -0.3 is 4.74 Å². The molecule has 0 spiro atoms. The van der Waals surface area contributed by atoms with Crippen LogP contribution in [0.5, 0.6) is 0 Å². The first-order valence-corrected chi connectivity index (χ1v) is 7.12. The largest absolute Gasteiger partial charge is 0.393 e. The Morgan fingerprint density at radius 3 is 2.00 bits per heavy atom. The molecule has 0 unspecified atom stereocenters. The highest BCUT2D eigenvalue weighted by Gasteiger charge is 2.09. The Kier molecular flexibility index (Phi) is 10.9. The minimum Gasteiger partial charge on any atom is -0.393 e. The molecule has 0 fully saturated rings. The minimum atomic E-state index is -0.379. The third-order valence-electron chi connectivity index (χ3n) is 2.23. The third-order valence-corrected chi connectivity index (χ3v) is 2.79. The molecule has 0 rings (SSSR count). The molecule has 0 heterocycles. The van der Waals surface area contributed by atoms with Crippen LogP contribution in [-0.2, 0) is 14.3 Å². The van der Waals surface area contributed by atoms with Crippen LogP contribution < -0.4 is 0 Å². The Labute approximate surface area is 106 Å². The first kappa shape index (κ1) is 15.6. The molecule has 94 valence electrons. The lowest BCUT2D eigenvalue weighted by molar-refractivity contribution is -0.159. The number of hydrogen-bond donors (Lipinski definition) is 0. The van der Waals surface area contributed by atoms with Gasteiger partial charge in [0.25, 0.3) is 0 Å². The predicted molar refractivity (Wildman–Crippen MR) is 67.5 cm³/mol. The second-order valence-electron chi connectivity index (χ2n) is 3.80. The molecule has 0 atom stereocenters. The smallest absolute Gasteiger partial charge is 0.313 e. The maximum atomic E-state index is 11.2. The molecule has 0 saturated heterocycles. The molecule has 0 aliphatic rings. The van der Waals surface area contributed by atoms with Crippen molar-refractivity contribution in [2.24, 2.45) is 0 Å². The van der Waals surface area contributed by atoms with E-state index in [0.717, 1.165) is 43.9 Å². The summed E-state index contributed by atoms with van der Waals surface area (Å²) in [5.74, 6) is -0.755. The van der Waals surface area contributed by atoms with E-state index in [4.69, 9.17) is 0 Å². The van der Waals surface area contributed by atoms with E-state index >= 15 is 0 Å². The van der Waals surface area contributed by atoms with Crippen molar-refractivity contribution in [2.45, 2.75) is 58.3 Å². The van der Waals surface area contributed by atoms with Crippen LogP contribution in [0, 0.1) is 0 Å². The van der Waals surface area contributed by atoms with Crippen molar-refractivity contribution in [1.29, 1.82) is 0 Å². The number of ether oxygens (including phenoxy) is 1. The Balaban J connectivity index is 3.43. The van der Waals surface area contributed by atoms with Crippen LogP contribution in [0.15, 0.2) is 0 Å². The number of rotatable bonds is 9. The van der Waals surface area contributed by atoms with Gasteiger partial charge in [-0.2, -0.15) is 0 Å². The van der Waals surface area contributed by atoms with Gasteiger partial charge in [-0.1, -0.05) is 42.1 Å². The summed E-state index contributed by atoms with van der Waals surface area (Å²) >= 11 is 3.32. The molecule has 0 aromatic carbocycles. The van der Waals surface area contributed by atoms with Crippen LogP contribution in [0.2, 0.25) is 0 Å². The fourth-order valence-corrected chi connectivity index (χ4v) is 1.69. The Hall–Kier alpha value is -0.380. The monoisotopic (exact) mass is 292 g/mol. The van der Waals surface area contributed by atoms with E-state index < -0.39 is 0 Å². The van der Waals surface area contributed by atoms with Crippen LogP contribution in [0.3, 0.4) is 0 Å². The first-order valence-electron chi connectivity index (χ1n) is 6.00. The molecule has 0 saturated carbocycles.